The van der Waals surface area contributed by atoms with Gasteiger partial charge in [0.25, 0.3) is 0 Å². The molecule has 0 bridgehead atoms. The number of rotatable bonds is 5. The Morgan fingerprint density at radius 1 is 1.33 bits per heavy atom. The van der Waals surface area contributed by atoms with Crippen LogP contribution < -0.4 is 10.5 Å². The fourth-order valence-electron chi connectivity index (χ4n) is 1.81. The normalized spacial score (nSPS) is 11.8. The largest absolute Gasteiger partial charge is 0.495 e. The van der Waals surface area contributed by atoms with Gasteiger partial charge in [-0.05, 0) is 40.2 Å². The molecule has 0 fully saturated rings. The van der Waals surface area contributed by atoms with Crippen molar-refractivity contribution in [2.45, 2.75) is 11.4 Å². The quantitative estimate of drug-likeness (QED) is 0.812. The Morgan fingerprint density at radius 3 is 2.62 bits per heavy atom. The van der Waals surface area contributed by atoms with Crippen LogP contribution in [-0.4, -0.2) is 26.9 Å². The van der Waals surface area contributed by atoms with Gasteiger partial charge < -0.3 is 14.9 Å². The van der Waals surface area contributed by atoms with E-state index >= 15 is 0 Å². The number of hydrogen-bond acceptors (Lipinski definition) is 5. The highest BCUT2D eigenvalue weighted by molar-refractivity contribution is 9.10. The molecule has 0 amide bonds. The van der Waals surface area contributed by atoms with Crippen molar-refractivity contribution >= 4 is 31.6 Å². The minimum absolute atomic E-state index is 0.0623. The molecule has 0 atom stereocenters. The summed E-state index contributed by atoms with van der Waals surface area (Å²) in [4.78, 5) is 0.0623. The van der Waals surface area contributed by atoms with Crippen molar-refractivity contribution in [1.82, 2.24) is 4.31 Å². The molecular weight excluding hydrogens is 360 g/mol. The van der Waals surface area contributed by atoms with E-state index in [9.17, 15) is 8.42 Å². The summed E-state index contributed by atoms with van der Waals surface area (Å²) in [6.45, 7) is 0.113. The molecule has 1 aromatic heterocycles. The summed E-state index contributed by atoms with van der Waals surface area (Å²) in [5.41, 5.74) is 6.07. The molecule has 2 aromatic rings. The van der Waals surface area contributed by atoms with E-state index in [1.165, 1.54) is 36.7 Å². The summed E-state index contributed by atoms with van der Waals surface area (Å²) in [6.07, 6.45) is 0. The molecule has 0 spiro atoms. The van der Waals surface area contributed by atoms with Crippen LogP contribution in [0.5, 0.6) is 5.75 Å². The number of hydrogen-bond donors (Lipinski definition) is 1. The number of nitrogens with zero attached hydrogens (tertiary/aromatic N) is 1. The van der Waals surface area contributed by atoms with Gasteiger partial charge in [0.1, 0.15) is 16.4 Å². The second kappa shape index (κ2) is 6.08. The van der Waals surface area contributed by atoms with Gasteiger partial charge >= 0.3 is 0 Å². The van der Waals surface area contributed by atoms with Crippen molar-refractivity contribution in [1.29, 1.82) is 0 Å². The highest BCUT2D eigenvalue weighted by Gasteiger charge is 2.25. The van der Waals surface area contributed by atoms with Crippen LogP contribution in [0.2, 0.25) is 0 Å². The minimum Gasteiger partial charge on any atom is -0.495 e. The number of methoxy groups -OCH3 is 1. The van der Waals surface area contributed by atoms with E-state index in [4.69, 9.17) is 14.9 Å². The topological polar surface area (TPSA) is 85.8 Å². The molecule has 0 saturated heterocycles. The summed E-state index contributed by atoms with van der Waals surface area (Å²) in [7, 11) is -0.836. The lowest BCUT2D eigenvalue weighted by atomic mass is 10.3. The molecule has 0 saturated carbocycles. The average Bonchev–Trinajstić information content (AvgIpc) is 2.83. The van der Waals surface area contributed by atoms with Crippen molar-refractivity contribution in [3.05, 3.63) is 40.8 Å². The highest BCUT2D eigenvalue weighted by Crippen LogP contribution is 2.29. The highest BCUT2D eigenvalue weighted by atomic mass is 79.9. The van der Waals surface area contributed by atoms with E-state index in [-0.39, 0.29) is 17.2 Å². The standard InChI is InChI=1S/C13H15BrN2O4S/c1-16(8-10-4-6-13(14)20-10)21(17,18)12-5-3-9(15)7-11(12)19-2/h3-7H,8,15H2,1-2H3. The number of benzene rings is 1. The van der Waals surface area contributed by atoms with E-state index in [1.807, 2.05) is 0 Å². The Hall–Kier alpha value is -1.51. The molecule has 2 rings (SSSR count). The fraction of sp³-hybridized carbons (Fsp3) is 0.231. The number of halogens is 1. The zero-order valence-corrected chi connectivity index (χ0v) is 13.9. The molecule has 0 radical (unpaired) electrons. The Kier molecular flexibility index (Phi) is 4.60. The average molecular weight is 375 g/mol. The van der Waals surface area contributed by atoms with Crippen LogP contribution in [0.25, 0.3) is 0 Å². The van der Waals surface area contributed by atoms with Crippen LogP contribution in [0, 0.1) is 0 Å². The maximum absolute atomic E-state index is 12.6. The lowest BCUT2D eigenvalue weighted by molar-refractivity contribution is 0.385. The Bertz CT molecular complexity index is 742. The first kappa shape index (κ1) is 15.9. The van der Waals surface area contributed by atoms with Crippen molar-refractivity contribution in [3.8, 4) is 5.75 Å². The first-order valence-electron chi connectivity index (χ1n) is 5.98. The van der Waals surface area contributed by atoms with E-state index in [1.54, 1.807) is 12.1 Å². The van der Waals surface area contributed by atoms with Crippen molar-refractivity contribution in [3.63, 3.8) is 0 Å². The molecule has 0 aliphatic rings. The van der Waals surface area contributed by atoms with Crippen LogP contribution in [0.1, 0.15) is 5.76 Å². The van der Waals surface area contributed by atoms with Gasteiger partial charge in [-0.15, -0.1) is 0 Å². The molecular formula is C13H15BrN2O4S. The summed E-state index contributed by atoms with van der Waals surface area (Å²) < 4.78 is 37.3. The van der Waals surface area contributed by atoms with Crippen LogP contribution in [0.15, 0.2) is 44.3 Å². The number of nitrogen functional groups attached to an aromatic ring is 1. The van der Waals surface area contributed by atoms with Crippen molar-refractivity contribution in [2.24, 2.45) is 0 Å². The van der Waals surface area contributed by atoms with Crippen LogP contribution in [0.4, 0.5) is 5.69 Å². The van der Waals surface area contributed by atoms with E-state index in [0.29, 0.717) is 16.1 Å². The molecule has 1 heterocycles. The third-order valence-corrected chi connectivity index (χ3v) is 5.15. The predicted octanol–water partition coefficient (Wildman–Crippen LogP) is 2.45. The van der Waals surface area contributed by atoms with Crippen LogP contribution in [-0.2, 0) is 16.6 Å². The summed E-state index contributed by atoms with van der Waals surface area (Å²) in [6, 6.07) is 7.84. The second-order valence-electron chi connectivity index (χ2n) is 4.38. The van der Waals surface area contributed by atoms with Gasteiger partial charge in [-0.1, -0.05) is 0 Å². The number of nitrogens with two attached hydrogens (primary N) is 1. The number of anilines is 1. The predicted molar refractivity (Wildman–Crippen MR) is 82.5 cm³/mol. The molecule has 0 unspecified atom stereocenters. The summed E-state index contributed by atoms with van der Waals surface area (Å²) in [5, 5.41) is 0. The number of furan rings is 1. The third kappa shape index (κ3) is 3.39. The Morgan fingerprint density at radius 2 is 2.05 bits per heavy atom. The number of ether oxygens (including phenoxy) is 1. The molecule has 1 aromatic carbocycles. The Balaban J connectivity index is 2.33. The fourth-order valence-corrected chi connectivity index (χ4v) is 3.42. The van der Waals surface area contributed by atoms with Gasteiger partial charge in [-0.3, -0.25) is 0 Å². The third-order valence-electron chi connectivity index (χ3n) is 2.88. The van der Waals surface area contributed by atoms with Gasteiger partial charge in [-0.25, -0.2) is 8.42 Å². The molecule has 0 aliphatic carbocycles. The summed E-state index contributed by atoms with van der Waals surface area (Å²) >= 11 is 3.18. The zero-order valence-electron chi connectivity index (χ0n) is 11.5. The molecule has 8 heteroatoms. The maximum atomic E-state index is 12.6. The van der Waals surface area contributed by atoms with Gasteiger partial charge in [0.05, 0.1) is 13.7 Å². The van der Waals surface area contributed by atoms with Crippen LogP contribution in [0.3, 0.4) is 0 Å². The molecule has 0 aliphatic heterocycles. The maximum Gasteiger partial charge on any atom is 0.246 e. The lowest BCUT2D eigenvalue weighted by Gasteiger charge is -2.18. The van der Waals surface area contributed by atoms with Crippen molar-refractivity contribution < 1.29 is 17.6 Å². The number of sulfonamides is 1. The molecule has 6 nitrogen and oxygen atoms in total. The van der Waals surface area contributed by atoms with E-state index in [2.05, 4.69) is 15.9 Å². The van der Waals surface area contributed by atoms with Crippen molar-refractivity contribution in [2.75, 3.05) is 19.9 Å². The van der Waals surface area contributed by atoms with Gasteiger partial charge in [0.2, 0.25) is 10.0 Å². The Labute approximate surface area is 131 Å². The zero-order chi connectivity index (χ0) is 15.6. The van der Waals surface area contributed by atoms with E-state index in [0.717, 1.165) is 0 Å². The van der Waals surface area contributed by atoms with Gasteiger partial charge in [0.15, 0.2) is 4.67 Å². The monoisotopic (exact) mass is 374 g/mol. The van der Waals surface area contributed by atoms with E-state index < -0.39 is 10.0 Å². The first-order chi connectivity index (χ1) is 9.84. The smallest absolute Gasteiger partial charge is 0.246 e. The molecule has 2 N–H and O–H groups in total. The first-order valence-corrected chi connectivity index (χ1v) is 8.22. The minimum atomic E-state index is -3.71. The van der Waals surface area contributed by atoms with Crippen LogP contribution >= 0.6 is 15.9 Å². The molecule has 114 valence electrons. The SMILES string of the molecule is COc1cc(N)ccc1S(=O)(=O)N(C)Cc1ccc(Br)o1. The lowest BCUT2D eigenvalue weighted by Crippen LogP contribution is -2.26. The van der Waals surface area contributed by atoms with Gasteiger partial charge in [-0.2, -0.15) is 4.31 Å². The van der Waals surface area contributed by atoms with Gasteiger partial charge in [0, 0.05) is 18.8 Å². The molecule has 21 heavy (non-hydrogen) atoms. The summed E-state index contributed by atoms with van der Waals surface area (Å²) in [5.74, 6) is 0.741. The second-order valence-corrected chi connectivity index (χ2v) is 7.17.